The normalized spacial score (nSPS) is 22.3. The number of pyridine rings is 1. The van der Waals surface area contributed by atoms with Crippen molar-refractivity contribution >= 4 is 40.0 Å². The Balaban J connectivity index is 0.740. The van der Waals surface area contributed by atoms with Crippen molar-refractivity contribution in [1.82, 2.24) is 29.6 Å². The molecule has 8 N–H and O–H groups in total. The van der Waals surface area contributed by atoms with Crippen molar-refractivity contribution in [1.29, 1.82) is 0 Å². The Morgan fingerprint density at radius 3 is 2.38 bits per heavy atom. The third-order valence-electron chi connectivity index (χ3n) is 13.9. The minimum Gasteiger partial charge on any atom is -0.507 e. The minimum atomic E-state index is -1.27. The van der Waals surface area contributed by atoms with E-state index >= 15 is 8.78 Å². The molecule has 4 aromatic rings. The zero-order chi connectivity index (χ0) is 44.7. The van der Waals surface area contributed by atoms with Gasteiger partial charge in [0.15, 0.2) is 11.6 Å². The number of carbonyl (C=O) groups excluding carboxylic acids is 2. The van der Waals surface area contributed by atoms with E-state index in [1.807, 2.05) is 19.1 Å². The molecule has 17 heteroatoms. The van der Waals surface area contributed by atoms with Crippen molar-refractivity contribution < 1.29 is 28.2 Å². The summed E-state index contributed by atoms with van der Waals surface area (Å²) in [4.78, 5) is 39.3. The largest absolute Gasteiger partial charge is 0.507 e. The Kier molecular flexibility index (Phi) is 12.0. The van der Waals surface area contributed by atoms with E-state index in [0.29, 0.717) is 87.9 Å². The second-order valence-electron chi connectivity index (χ2n) is 18.2. The van der Waals surface area contributed by atoms with Gasteiger partial charge in [0.05, 0.1) is 17.6 Å². The maximum atomic E-state index is 16.3. The highest BCUT2D eigenvalue weighted by Crippen LogP contribution is 2.39. The van der Waals surface area contributed by atoms with Gasteiger partial charge in [-0.05, 0) is 87.4 Å². The van der Waals surface area contributed by atoms with Gasteiger partial charge in [-0.3, -0.25) is 19.9 Å². The molecule has 15 nitrogen and oxygen atoms in total. The number of nitrogens with one attached hydrogen (secondary N) is 1. The summed E-state index contributed by atoms with van der Waals surface area (Å²) >= 11 is 0. The molecule has 0 spiro atoms. The summed E-state index contributed by atoms with van der Waals surface area (Å²) in [6.45, 7) is 7.74. The SMILES string of the molecule is Cc1cn(C2CCN(CC3(F)CCN(CCOc4cc(N5C6CCC5CN(C(/C=C(\N)c5ccccc5O)=C(N)N)C6)ccc4F)CC3)CC2)c2ncc(N3CCC(=O)NC3=O)cc12. The number of aromatic nitrogens is 2. The van der Waals surface area contributed by atoms with Crippen LogP contribution in [0.2, 0.25) is 0 Å². The van der Waals surface area contributed by atoms with E-state index < -0.39 is 17.5 Å². The maximum absolute atomic E-state index is 16.3. The molecule has 3 amide bonds. The number of hydrogen-bond acceptors (Lipinski definition) is 12. The lowest BCUT2D eigenvalue weighted by molar-refractivity contribution is -0.120. The quantitative estimate of drug-likeness (QED) is 0.122. The molecule has 0 radical (unpaired) electrons. The summed E-state index contributed by atoms with van der Waals surface area (Å²) in [6.07, 6.45) is 10.3. The number of aryl methyl sites for hydroxylation is 1. The molecular formula is C47H59F2N11O4. The smallest absolute Gasteiger partial charge is 0.328 e. The number of likely N-dealkylation sites (tertiary alicyclic amines) is 3. The molecule has 9 rings (SSSR count). The molecule has 340 valence electrons. The number of imide groups is 1. The Morgan fingerprint density at radius 2 is 1.67 bits per heavy atom. The van der Waals surface area contributed by atoms with Crippen LogP contribution >= 0.6 is 0 Å². The Bertz CT molecular complexity index is 2440. The molecule has 0 saturated carbocycles. The van der Waals surface area contributed by atoms with Crippen molar-refractivity contribution in [2.45, 2.75) is 75.7 Å². The number of phenols is 1. The number of carbonyl (C=O) groups is 2. The van der Waals surface area contributed by atoms with Gasteiger partial charge >= 0.3 is 6.03 Å². The molecule has 2 atom stereocenters. The molecule has 5 saturated heterocycles. The molecule has 5 fully saturated rings. The van der Waals surface area contributed by atoms with Gasteiger partial charge in [0.1, 0.15) is 29.5 Å². The molecule has 2 bridgehead atoms. The van der Waals surface area contributed by atoms with Crippen molar-refractivity contribution in [3.8, 4) is 11.5 Å². The summed E-state index contributed by atoms with van der Waals surface area (Å²) in [6, 6.07) is 14.0. The number of nitrogens with two attached hydrogens (primary N) is 3. The summed E-state index contributed by atoms with van der Waals surface area (Å²) in [5.41, 5.74) is 22.5. The van der Waals surface area contributed by atoms with Gasteiger partial charge in [-0.25, -0.2) is 18.6 Å². The van der Waals surface area contributed by atoms with Gasteiger partial charge in [-0.1, -0.05) is 12.1 Å². The number of allylic oxidation sites excluding steroid dienone is 1. The molecule has 2 aromatic carbocycles. The number of halogens is 2. The molecule has 5 aliphatic heterocycles. The molecule has 5 aliphatic rings. The number of anilines is 2. The van der Waals surface area contributed by atoms with Gasteiger partial charge in [-0.2, -0.15) is 0 Å². The van der Waals surface area contributed by atoms with Crippen molar-refractivity contribution in [2.24, 2.45) is 17.2 Å². The third kappa shape index (κ3) is 8.87. The summed E-state index contributed by atoms with van der Waals surface area (Å²) in [5, 5.41) is 13.7. The first-order valence-electron chi connectivity index (χ1n) is 22.5. The van der Waals surface area contributed by atoms with E-state index in [-0.39, 0.29) is 47.8 Å². The van der Waals surface area contributed by atoms with Crippen LogP contribution in [0.25, 0.3) is 16.7 Å². The van der Waals surface area contributed by atoms with E-state index in [1.54, 1.807) is 47.5 Å². The second kappa shape index (κ2) is 17.8. The van der Waals surface area contributed by atoms with Gasteiger partial charge in [0.2, 0.25) is 5.91 Å². The highest BCUT2D eigenvalue weighted by molar-refractivity contribution is 6.06. The molecule has 64 heavy (non-hydrogen) atoms. The van der Waals surface area contributed by atoms with Crippen molar-refractivity contribution in [3.05, 3.63) is 95.5 Å². The van der Waals surface area contributed by atoms with Crippen LogP contribution < -0.4 is 37.1 Å². The van der Waals surface area contributed by atoms with Crippen molar-refractivity contribution in [3.63, 3.8) is 0 Å². The maximum Gasteiger partial charge on any atom is 0.328 e. The summed E-state index contributed by atoms with van der Waals surface area (Å²) in [7, 11) is 0. The van der Waals surface area contributed by atoms with Crippen LogP contribution in [0.1, 0.15) is 62.1 Å². The Labute approximate surface area is 372 Å². The fourth-order valence-electron chi connectivity index (χ4n) is 10.5. The average Bonchev–Trinajstić information content (AvgIpc) is 3.75. The van der Waals surface area contributed by atoms with Crippen LogP contribution in [0, 0.1) is 12.7 Å². The first kappa shape index (κ1) is 43.2. The lowest BCUT2D eigenvalue weighted by atomic mass is 9.91. The predicted octanol–water partition coefficient (Wildman–Crippen LogP) is 4.90. The average molecular weight is 880 g/mol. The zero-order valence-corrected chi connectivity index (χ0v) is 36.4. The number of piperidine rings is 2. The lowest BCUT2D eigenvalue weighted by Crippen LogP contribution is -2.53. The van der Waals surface area contributed by atoms with Crippen LogP contribution in [0.5, 0.6) is 11.5 Å². The number of nitrogens with zero attached hydrogens (tertiary/aromatic N) is 7. The van der Waals surface area contributed by atoms with Gasteiger partial charge < -0.3 is 46.3 Å². The van der Waals surface area contributed by atoms with Crippen LogP contribution in [0.15, 0.2) is 78.5 Å². The Hall–Kier alpha value is -6.07. The molecule has 2 aromatic heterocycles. The number of fused-ring (bicyclic) bond motifs is 3. The molecule has 0 aliphatic carbocycles. The molecule has 2 unspecified atom stereocenters. The number of aromatic hydroxyl groups is 1. The van der Waals surface area contributed by atoms with Gasteiger partial charge in [-0.15, -0.1) is 0 Å². The fourth-order valence-corrected chi connectivity index (χ4v) is 10.5. The first-order chi connectivity index (χ1) is 30.8. The lowest BCUT2D eigenvalue weighted by Gasteiger charge is -2.44. The number of hydrogen-bond donors (Lipinski definition) is 5. The standard InChI is InChI=1S/C47H59F2N11O4/c1-30-26-59(45-37(30)22-35(25-53-45)58-17-12-43(62)54-46(58)63)31-10-15-56(16-11-31)29-47(49)13-18-55(19-14-47)20-21-64-42-23-32(8-9-38(42)48)60-33-6-7-34(60)28-57(27-33)40(44(51)52)24-39(50)36-4-2-3-5-41(36)61/h2-5,8-9,22-26,31,33-34,61H,6-7,10-21,27-29,50-52H2,1H3,(H,54,62,63)/b39-24-. The van der Waals surface area contributed by atoms with Crippen LogP contribution in [0.3, 0.4) is 0 Å². The van der Waals surface area contributed by atoms with Crippen LogP contribution in [-0.2, 0) is 4.79 Å². The fraction of sp³-hybridized carbons (Fsp3) is 0.468. The van der Waals surface area contributed by atoms with E-state index in [1.165, 1.54) is 6.07 Å². The van der Waals surface area contributed by atoms with Crippen LogP contribution in [-0.4, -0.2) is 125 Å². The number of piperazine rings is 1. The number of para-hydroxylation sites is 1. The first-order valence-corrected chi connectivity index (χ1v) is 22.5. The highest BCUT2D eigenvalue weighted by atomic mass is 19.1. The minimum absolute atomic E-state index is 0.0747. The van der Waals surface area contributed by atoms with E-state index in [4.69, 9.17) is 26.9 Å². The zero-order valence-electron chi connectivity index (χ0n) is 36.4. The topological polar surface area (TPSA) is 188 Å². The number of rotatable bonds is 12. The second-order valence-corrected chi connectivity index (χ2v) is 18.2. The van der Waals surface area contributed by atoms with E-state index in [0.717, 1.165) is 61.1 Å². The third-order valence-corrected chi connectivity index (χ3v) is 13.9. The van der Waals surface area contributed by atoms with Crippen molar-refractivity contribution in [2.75, 3.05) is 75.3 Å². The number of urea groups is 1. The van der Waals surface area contributed by atoms with E-state index in [9.17, 15) is 14.7 Å². The van der Waals surface area contributed by atoms with Gasteiger partial charge in [0.25, 0.3) is 0 Å². The number of benzene rings is 2. The van der Waals surface area contributed by atoms with E-state index in [2.05, 4.69) is 35.7 Å². The monoisotopic (exact) mass is 879 g/mol. The Morgan fingerprint density at radius 1 is 0.938 bits per heavy atom. The van der Waals surface area contributed by atoms with Gasteiger partial charge in [0, 0.05) is 118 Å². The highest BCUT2D eigenvalue weighted by Gasteiger charge is 2.41. The summed E-state index contributed by atoms with van der Waals surface area (Å²) in [5.74, 6) is -0.259. The summed E-state index contributed by atoms with van der Waals surface area (Å²) < 4.78 is 39.8. The predicted molar refractivity (Wildman–Crippen MR) is 243 cm³/mol. The number of phenolic OH excluding ortho intramolecular Hbond substituents is 1. The molecule has 7 heterocycles. The number of alkyl halides is 1. The van der Waals surface area contributed by atoms with Crippen LogP contribution in [0.4, 0.5) is 25.0 Å². The molecular weight excluding hydrogens is 821 g/mol. The number of ether oxygens (including phenoxy) is 1. The number of amides is 3.